The second-order valence-electron chi connectivity index (χ2n) is 5.61. The number of nitrogens with zero attached hydrogens (tertiary/aromatic N) is 1. The van der Waals surface area contributed by atoms with E-state index in [1.807, 2.05) is 12.1 Å². The number of amides is 2. The Morgan fingerprint density at radius 3 is 2.56 bits per heavy atom. The van der Waals surface area contributed by atoms with Crippen LogP contribution in [-0.4, -0.2) is 18.7 Å². The Kier molecular flexibility index (Phi) is 6.25. The molecule has 0 aromatic heterocycles. The van der Waals surface area contributed by atoms with Crippen molar-refractivity contribution in [1.82, 2.24) is 5.32 Å². The van der Waals surface area contributed by atoms with E-state index in [-0.39, 0.29) is 18.1 Å². The van der Waals surface area contributed by atoms with Crippen LogP contribution in [-0.2, 0) is 4.74 Å². The summed E-state index contributed by atoms with van der Waals surface area (Å²) >= 11 is 5.80. The van der Waals surface area contributed by atoms with Crippen LogP contribution in [0.4, 0.5) is 10.5 Å². The summed E-state index contributed by atoms with van der Waals surface area (Å²) in [6, 6.07) is 7.08. The van der Waals surface area contributed by atoms with Crippen molar-refractivity contribution in [3.8, 4) is 0 Å². The lowest BCUT2D eigenvalue weighted by Gasteiger charge is -2.12. The van der Waals surface area contributed by atoms with Gasteiger partial charge in [0.15, 0.2) is 0 Å². The summed E-state index contributed by atoms with van der Waals surface area (Å²) in [5.74, 6) is 0. The summed E-state index contributed by atoms with van der Waals surface area (Å²) in [5.41, 5.74) is 8.44. The topological polar surface area (TPSA) is 88.7 Å². The summed E-state index contributed by atoms with van der Waals surface area (Å²) in [6.45, 7) is 7.82. The molecule has 1 aromatic carbocycles. The van der Waals surface area contributed by atoms with E-state index in [0.717, 1.165) is 11.1 Å². The standard InChI is InChI=1S/C18H21ClN4O2/c1-11(2)15(9-4-12(3)19)23-18(24)21-14-7-5-13(6-8-14)16-10-25-17(20)22-16/h4-9,16H,1,10H2,2-3H3,(H2,20,22)(H2,21,23,24). The van der Waals surface area contributed by atoms with Gasteiger partial charge in [-0.05, 0) is 49.3 Å². The van der Waals surface area contributed by atoms with Gasteiger partial charge < -0.3 is 21.1 Å². The predicted molar refractivity (Wildman–Crippen MR) is 101 cm³/mol. The van der Waals surface area contributed by atoms with Gasteiger partial charge in [-0.3, -0.25) is 0 Å². The van der Waals surface area contributed by atoms with Crippen molar-refractivity contribution in [2.45, 2.75) is 19.9 Å². The molecular formula is C18H21ClN4O2. The molecule has 6 nitrogen and oxygen atoms in total. The van der Waals surface area contributed by atoms with Gasteiger partial charge in [0.05, 0.1) is 0 Å². The number of nitrogens with two attached hydrogens (primary N) is 1. The fraction of sp³-hybridized carbons (Fsp3) is 0.222. The maximum Gasteiger partial charge on any atom is 0.323 e. The molecule has 7 heteroatoms. The second-order valence-corrected chi connectivity index (χ2v) is 6.21. The summed E-state index contributed by atoms with van der Waals surface area (Å²) in [7, 11) is 0. The fourth-order valence-corrected chi connectivity index (χ4v) is 2.19. The van der Waals surface area contributed by atoms with E-state index in [1.165, 1.54) is 0 Å². The zero-order valence-electron chi connectivity index (χ0n) is 14.2. The summed E-state index contributed by atoms with van der Waals surface area (Å²) in [6.07, 6.45) is 3.40. The minimum absolute atomic E-state index is 0.105. The molecule has 2 amide bonds. The molecular weight excluding hydrogens is 340 g/mol. The van der Waals surface area contributed by atoms with Crippen molar-refractivity contribution >= 4 is 29.3 Å². The van der Waals surface area contributed by atoms with Gasteiger partial charge in [0.1, 0.15) is 12.6 Å². The van der Waals surface area contributed by atoms with Crippen molar-refractivity contribution in [2.24, 2.45) is 10.7 Å². The Morgan fingerprint density at radius 2 is 2.04 bits per heavy atom. The third kappa shape index (κ3) is 5.69. The zero-order valence-corrected chi connectivity index (χ0v) is 14.9. The van der Waals surface area contributed by atoms with Crippen LogP contribution in [0.25, 0.3) is 0 Å². The third-order valence-corrected chi connectivity index (χ3v) is 3.54. The lowest BCUT2D eigenvalue weighted by molar-refractivity contribution is 0.254. The van der Waals surface area contributed by atoms with Gasteiger partial charge in [-0.25, -0.2) is 9.79 Å². The first kappa shape index (κ1) is 18.6. The van der Waals surface area contributed by atoms with Crippen LogP contribution < -0.4 is 16.4 Å². The highest BCUT2D eigenvalue weighted by Gasteiger charge is 2.18. The number of urea groups is 1. The van der Waals surface area contributed by atoms with Gasteiger partial charge in [-0.2, -0.15) is 0 Å². The lowest BCUT2D eigenvalue weighted by atomic mass is 10.1. The Hall–Kier alpha value is -2.73. The molecule has 1 aromatic rings. The summed E-state index contributed by atoms with van der Waals surface area (Å²) in [5, 5.41) is 6.12. The average Bonchev–Trinajstić information content (AvgIpc) is 2.98. The van der Waals surface area contributed by atoms with E-state index in [4.69, 9.17) is 22.1 Å². The molecule has 2 rings (SSSR count). The molecule has 0 aliphatic carbocycles. The molecule has 1 unspecified atom stereocenters. The van der Waals surface area contributed by atoms with Crippen LogP contribution >= 0.6 is 11.6 Å². The lowest BCUT2D eigenvalue weighted by Crippen LogP contribution is -2.28. The van der Waals surface area contributed by atoms with Crippen molar-refractivity contribution in [2.75, 3.05) is 11.9 Å². The van der Waals surface area contributed by atoms with Gasteiger partial charge in [-0.1, -0.05) is 30.3 Å². The normalized spacial score (nSPS) is 17.6. The van der Waals surface area contributed by atoms with Gasteiger partial charge in [0.25, 0.3) is 6.02 Å². The van der Waals surface area contributed by atoms with Gasteiger partial charge in [-0.15, -0.1) is 0 Å². The van der Waals surface area contributed by atoms with Gasteiger partial charge in [0.2, 0.25) is 0 Å². The van der Waals surface area contributed by atoms with Crippen molar-refractivity contribution < 1.29 is 9.53 Å². The minimum Gasteiger partial charge on any atom is -0.463 e. The molecule has 1 atom stereocenters. The van der Waals surface area contributed by atoms with E-state index < -0.39 is 0 Å². The highest BCUT2D eigenvalue weighted by molar-refractivity contribution is 6.29. The van der Waals surface area contributed by atoms with Crippen LogP contribution in [0.2, 0.25) is 0 Å². The van der Waals surface area contributed by atoms with Gasteiger partial charge >= 0.3 is 6.03 Å². The van der Waals surface area contributed by atoms with E-state index >= 15 is 0 Å². The van der Waals surface area contributed by atoms with E-state index in [9.17, 15) is 4.79 Å². The number of hydrogen-bond acceptors (Lipinski definition) is 4. The second kappa shape index (κ2) is 8.39. The molecule has 0 spiro atoms. The van der Waals surface area contributed by atoms with E-state index in [1.54, 1.807) is 38.1 Å². The molecule has 0 fully saturated rings. The van der Waals surface area contributed by atoms with E-state index in [0.29, 0.717) is 23.0 Å². The molecule has 1 aliphatic heterocycles. The predicted octanol–water partition coefficient (Wildman–Crippen LogP) is 3.80. The number of carbonyl (C=O) groups excluding carboxylic acids is 1. The smallest absolute Gasteiger partial charge is 0.323 e. The zero-order chi connectivity index (χ0) is 18.4. The largest absolute Gasteiger partial charge is 0.463 e. The van der Waals surface area contributed by atoms with Crippen LogP contribution in [0.3, 0.4) is 0 Å². The van der Waals surface area contributed by atoms with Crippen LogP contribution in [0, 0.1) is 0 Å². The molecule has 0 bridgehead atoms. The number of allylic oxidation sites excluding steroid dienone is 4. The summed E-state index contributed by atoms with van der Waals surface area (Å²) in [4.78, 5) is 16.3. The van der Waals surface area contributed by atoms with Crippen molar-refractivity contribution in [3.05, 3.63) is 64.9 Å². The number of halogens is 1. The highest BCUT2D eigenvalue weighted by Crippen LogP contribution is 2.23. The number of amidine groups is 1. The molecule has 0 saturated heterocycles. The Bertz CT molecular complexity index is 747. The van der Waals surface area contributed by atoms with Crippen LogP contribution in [0.1, 0.15) is 25.5 Å². The quantitative estimate of drug-likeness (QED) is 0.698. The Labute approximate surface area is 152 Å². The number of hydrogen-bond donors (Lipinski definition) is 3. The van der Waals surface area contributed by atoms with Crippen molar-refractivity contribution in [3.63, 3.8) is 0 Å². The van der Waals surface area contributed by atoms with Crippen LogP contribution in [0.15, 0.2) is 64.3 Å². The highest BCUT2D eigenvalue weighted by atomic mass is 35.5. The molecule has 4 N–H and O–H groups in total. The first-order chi connectivity index (χ1) is 11.8. The SMILES string of the molecule is C=C(C)C(=CC=C(C)Cl)NC(=O)Nc1ccc(C2COC(N)=N2)cc1. The number of benzene rings is 1. The first-order valence-corrected chi connectivity index (χ1v) is 8.07. The molecule has 132 valence electrons. The monoisotopic (exact) mass is 360 g/mol. The third-order valence-electron chi connectivity index (χ3n) is 3.41. The molecule has 25 heavy (non-hydrogen) atoms. The maximum absolute atomic E-state index is 12.1. The Morgan fingerprint density at radius 1 is 1.36 bits per heavy atom. The molecule has 1 aliphatic rings. The molecule has 1 heterocycles. The molecule has 0 saturated carbocycles. The Balaban J connectivity index is 1.99. The number of rotatable bonds is 5. The number of aliphatic imine (C=N–C) groups is 1. The number of anilines is 1. The minimum atomic E-state index is -0.367. The number of ether oxygens (including phenoxy) is 1. The first-order valence-electron chi connectivity index (χ1n) is 7.69. The van der Waals surface area contributed by atoms with Gasteiger partial charge in [0, 0.05) is 16.4 Å². The van der Waals surface area contributed by atoms with Crippen molar-refractivity contribution in [1.29, 1.82) is 0 Å². The number of nitrogens with one attached hydrogen (secondary N) is 2. The molecule has 0 radical (unpaired) electrons. The number of carbonyl (C=O) groups is 1. The average molecular weight is 361 g/mol. The maximum atomic E-state index is 12.1. The van der Waals surface area contributed by atoms with E-state index in [2.05, 4.69) is 22.2 Å². The fourth-order valence-electron chi connectivity index (χ4n) is 2.13. The van der Waals surface area contributed by atoms with Crippen LogP contribution in [0.5, 0.6) is 0 Å². The summed E-state index contributed by atoms with van der Waals surface area (Å²) < 4.78 is 5.14.